The number of fused-ring (bicyclic) bond motifs is 5. The van der Waals surface area contributed by atoms with Crippen molar-refractivity contribution in [3.05, 3.63) is 124 Å². The summed E-state index contributed by atoms with van der Waals surface area (Å²) in [5.41, 5.74) is -6.09. The molecule has 1 aliphatic heterocycles. The summed E-state index contributed by atoms with van der Waals surface area (Å²) < 4.78 is 30.4. The minimum absolute atomic E-state index is 0.00503. The van der Waals surface area contributed by atoms with Gasteiger partial charge in [-0.15, -0.1) is 0 Å². The fourth-order valence-corrected chi connectivity index (χ4v) is 9.72. The molecule has 1 N–H and O–H groups in total. The molecule has 13 heteroatoms. The van der Waals surface area contributed by atoms with E-state index >= 15 is 4.79 Å². The molecule has 1 heterocycles. The zero-order valence-electron chi connectivity index (χ0n) is 34.1. The second-order valence-electron chi connectivity index (χ2n) is 16.7. The van der Waals surface area contributed by atoms with Crippen molar-refractivity contribution < 1.29 is 62.4 Å². The number of rotatable bonds is 9. The Kier molecular flexibility index (Phi) is 10.9. The van der Waals surface area contributed by atoms with Gasteiger partial charge in [0.2, 0.25) is 0 Å². The number of hydrogen-bond donors (Lipinski definition) is 1. The van der Waals surface area contributed by atoms with Crippen molar-refractivity contribution in [3.8, 4) is 0 Å². The van der Waals surface area contributed by atoms with Crippen molar-refractivity contribution in [3.63, 3.8) is 0 Å². The van der Waals surface area contributed by atoms with E-state index in [1.807, 2.05) is 6.07 Å². The highest BCUT2D eigenvalue weighted by atomic mass is 16.6. The zero-order valence-corrected chi connectivity index (χ0v) is 34.1. The van der Waals surface area contributed by atoms with Gasteiger partial charge in [0.05, 0.1) is 23.5 Å². The topological polar surface area (TPSA) is 186 Å². The summed E-state index contributed by atoms with van der Waals surface area (Å²) in [6.07, 6.45) is -4.24. The predicted octanol–water partition coefficient (Wildman–Crippen LogP) is 5.36. The normalized spacial score (nSPS) is 30.4. The lowest BCUT2D eigenvalue weighted by Crippen LogP contribution is -2.82. The van der Waals surface area contributed by atoms with E-state index in [-0.39, 0.29) is 35.5 Å². The van der Waals surface area contributed by atoms with Crippen LogP contribution in [0.2, 0.25) is 0 Å². The largest absolute Gasteiger partial charge is 0.458 e. The second kappa shape index (κ2) is 15.5. The number of allylic oxidation sites excluding steroid dienone is 1. The Morgan fingerprint density at radius 1 is 0.783 bits per heavy atom. The molecule has 0 unspecified atom stereocenters. The summed E-state index contributed by atoms with van der Waals surface area (Å²) in [4.78, 5) is 96.4. The van der Waals surface area contributed by atoms with Gasteiger partial charge in [0.1, 0.15) is 23.9 Å². The molecule has 0 aromatic heterocycles. The molecule has 13 nitrogen and oxygen atoms in total. The Balaban J connectivity index is 1.35. The van der Waals surface area contributed by atoms with Crippen LogP contribution in [0.25, 0.3) is 6.08 Å². The van der Waals surface area contributed by atoms with Gasteiger partial charge >= 0.3 is 23.9 Å². The molecule has 7 rings (SSSR count). The number of ether oxygens (including phenoxy) is 5. The summed E-state index contributed by atoms with van der Waals surface area (Å²) in [5, 5.41) is 13.2. The molecule has 60 heavy (non-hydrogen) atoms. The predicted molar refractivity (Wildman–Crippen MR) is 213 cm³/mol. The SMILES string of the molecule is CC(=O)O[C@H]1C(=O)[C@]2(C)[C@@H](OC(=O)/C=C/c3ccc(C(=O)c4ccccc4)cc3)C[C@H]3OC[C@@]3(OC(C)=O)[C@H]2[C@H](OC(=O)c2ccccc2)[C@]2(O)CC(=O)C(C)=C1C2(C)C. The van der Waals surface area contributed by atoms with E-state index in [9.17, 15) is 33.9 Å². The molecule has 3 aliphatic carbocycles. The number of hydrogen-bond acceptors (Lipinski definition) is 13. The summed E-state index contributed by atoms with van der Waals surface area (Å²) in [5.74, 6) is -6.61. The molecule has 312 valence electrons. The van der Waals surface area contributed by atoms with Crippen molar-refractivity contribution in [1.29, 1.82) is 0 Å². The van der Waals surface area contributed by atoms with Gasteiger partial charge in [-0.2, -0.15) is 0 Å². The summed E-state index contributed by atoms with van der Waals surface area (Å²) in [6.45, 7) is 7.99. The molecule has 0 amide bonds. The van der Waals surface area contributed by atoms with E-state index in [2.05, 4.69) is 0 Å². The molecule has 8 atom stereocenters. The Hall–Kier alpha value is -6.05. The zero-order chi connectivity index (χ0) is 43.4. The lowest BCUT2D eigenvalue weighted by atomic mass is 9.44. The minimum atomic E-state index is -2.33. The van der Waals surface area contributed by atoms with Crippen LogP contribution in [0.5, 0.6) is 0 Å². The molecule has 4 aliphatic rings. The molecule has 1 saturated heterocycles. The van der Waals surface area contributed by atoms with E-state index < -0.39 is 94.2 Å². The first-order chi connectivity index (χ1) is 28.3. The molecule has 0 radical (unpaired) electrons. The van der Waals surface area contributed by atoms with Crippen LogP contribution in [-0.4, -0.2) is 88.6 Å². The van der Waals surface area contributed by atoms with Crippen LogP contribution in [0.15, 0.2) is 102 Å². The van der Waals surface area contributed by atoms with Gasteiger partial charge in [-0.1, -0.05) is 86.6 Å². The molecule has 3 fully saturated rings. The Morgan fingerprint density at radius 2 is 1.38 bits per heavy atom. The lowest BCUT2D eigenvalue weighted by Gasteiger charge is -2.67. The van der Waals surface area contributed by atoms with Gasteiger partial charge < -0.3 is 28.8 Å². The first-order valence-corrected chi connectivity index (χ1v) is 19.7. The monoisotopic (exact) mass is 818 g/mol. The van der Waals surface area contributed by atoms with Crippen molar-refractivity contribution in [1.82, 2.24) is 0 Å². The summed E-state index contributed by atoms with van der Waals surface area (Å²) in [6, 6.07) is 23.2. The summed E-state index contributed by atoms with van der Waals surface area (Å²) in [7, 11) is 0. The van der Waals surface area contributed by atoms with Gasteiger partial charge in [-0.05, 0) is 48.8 Å². The smallest absolute Gasteiger partial charge is 0.338 e. The molecule has 3 aromatic carbocycles. The number of Topliss-reactive ketones (excluding diaryl/α,β-unsaturated/α-hetero) is 2. The molecule has 0 spiro atoms. The highest BCUT2D eigenvalue weighted by Gasteiger charge is 2.79. The van der Waals surface area contributed by atoms with Gasteiger partial charge in [-0.3, -0.25) is 24.0 Å². The quantitative estimate of drug-likeness (QED) is 0.126. The first kappa shape index (κ1) is 42.1. The van der Waals surface area contributed by atoms with Crippen LogP contribution in [0.1, 0.15) is 86.2 Å². The van der Waals surface area contributed by atoms with Crippen molar-refractivity contribution in [2.24, 2.45) is 16.7 Å². The second-order valence-corrected chi connectivity index (χ2v) is 16.7. The number of aliphatic hydroxyl groups is 1. The Labute approximate surface area is 346 Å². The molecule has 3 aromatic rings. The third-order valence-electron chi connectivity index (χ3n) is 12.9. The standard InChI is InChI=1S/C47H46O13/c1-26-33(50)24-47(55)42(59-43(54)32-15-11-8-12-16-32)40-45(6,41(53)39(57-27(2)48)37(26)44(47,4)5)34(23-35-46(40,25-56-35)60-28(3)49)58-36(51)22-19-29-17-20-31(21-18-29)38(52)30-13-9-7-10-14-30/h7-22,34-35,39-40,42,55H,23-25H2,1-6H3/b22-19+/t34-,35+,39+,40-,42-,45+,46-,47+/m0/s1. The minimum Gasteiger partial charge on any atom is -0.458 e. The van der Waals surface area contributed by atoms with E-state index in [0.29, 0.717) is 16.7 Å². The Morgan fingerprint density at radius 3 is 1.95 bits per heavy atom. The van der Waals surface area contributed by atoms with Crippen LogP contribution >= 0.6 is 0 Å². The van der Waals surface area contributed by atoms with Crippen LogP contribution in [0, 0.1) is 16.7 Å². The average Bonchev–Trinajstić information content (AvgIpc) is 3.21. The highest BCUT2D eigenvalue weighted by molar-refractivity contribution is 6.09. The van der Waals surface area contributed by atoms with Crippen molar-refractivity contribution in [2.75, 3.05) is 6.61 Å². The van der Waals surface area contributed by atoms with Gasteiger partial charge in [0.25, 0.3) is 0 Å². The van der Waals surface area contributed by atoms with Crippen molar-refractivity contribution in [2.45, 2.75) is 90.0 Å². The molecule has 2 bridgehead atoms. The van der Waals surface area contributed by atoms with Gasteiger partial charge in [-0.25, -0.2) is 9.59 Å². The number of esters is 4. The van der Waals surface area contributed by atoms with E-state index in [0.717, 1.165) is 19.9 Å². The van der Waals surface area contributed by atoms with E-state index in [1.54, 1.807) is 80.6 Å². The van der Waals surface area contributed by atoms with E-state index in [1.165, 1.54) is 32.1 Å². The fraction of sp³-hybridized carbons (Fsp3) is 0.383. The number of carbonyl (C=O) groups is 7. The molecule has 2 saturated carbocycles. The van der Waals surface area contributed by atoms with Gasteiger partial charge in [0, 0.05) is 49.3 Å². The summed E-state index contributed by atoms with van der Waals surface area (Å²) >= 11 is 0. The number of benzene rings is 3. The Bertz CT molecular complexity index is 2330. The van der Waals surface area contributed by atoms with Crippen LogP contribution < -0.4 is 0 Å². The maximum Gasteiger partial charge on any atom is 0.338 e. The number of carbonyl (C=O) groups excluding carboxylic acids is 7. The van der Waals surface area contributed by atoms with Crippen LogP contribution in [-0.2, 0) is 47.7 Å². The number of ketones is 3. The first-order valence-electron chi connectivity index (χ1n) is 19.7. The molecular weight excluding hydrogens is 773 g/mol. The van der Waals surface area contributed by atoms with Gasteiger partial charge in [0.15, 0.2) is 29.1 Å². The van der Waals surface area contributed by atoms with Crippen LogP contribution in [0.3, 0.4) is 0 Å². The maximum absolute atomic E-state index is 15.6. The molecular formula is C47H46O13. The maximum atomic E-state index is 15.6. The lowest BCUT2D eigenvalue weighted by molar-refractivity contribution is -0.344. The average molecular weight is 819 g/mol. The fourth-order valence-electron chi connectivity index (χ4n) is 9.72. The van der Waals surface area contributed by atoms with Crippen molar-refractivity contribution >= 4 is 47.3 Å². The third-order valence-corrected chi connectivity index (χ3v) is 12.9. The third kappa shape index (κ3) is 6.89. The van der Waals surface area contributed by atoms with E-state index in [4.69, 9.17) is 23.7 Å². The highest BCUT2D eigenvalue weighted by Crippen LogP contribution is 2.64. The van der Waals surface area contributed by atoms with Crippen LogP contribution in [0.4, 0.5) is 0 Å².